The van der Waals surface area contributed by atoms with Crippen LogP contribution < -0.4 is 4.57 Å². The van der Waals surface area contributed by atoms with Crippen LogP contribution in [0.2, 0.25) is 0 Å². The lowest BCUT2D eigenvalue weighted by Gasteiger charge is -2.19. The molecule has 4 rings (SSSR count). The molecule has 3 heteroatoms. The maximum atomic E-state index is 5.07. The molecular weight excluding hydrogens is 390 g/mol. The lowest BCUT2D eigenvalue weighted by Crippen LogP contribution is -2.33. The second-order valence-electron chi connectivity index (χ2n) is 9.34. The molecule has 3 nitrogen and oxygen atoms in total. The molecule has 0 amide bonds. The number of aromatic nitrogens is 3. The van der Waals surface area contributed by atoms with E-state index in [4.69, 9.17) is 5.10 Å². The van der Waals surface area contributed by atoms with Crippen molar-refractivity contribution in [3.63, 3.8) is 0 Å². The molecule has 0 N–H and O–H groups in total. The molecule has 1 heterocycles. The van der Waals surface area contributed by atoms with Gasteiger partial charge in [-0.05, 0) is 64.8 Å². The van der Waals surface area contributed by atoms with Gasteiger partial charge in [-0.1, -0.05) is 80.9 Å². The van der Waals surface area contributed by atoms with Crippen molar-refractivity contribution in [3.05, 3.63) is 89.2 Å². The monoisotopic (exact) mass is 424 g/mol. The molecule has 0 fully saturated rings. The van der Waals surface area contributed by atoms with E-state index in [9.17, 15) is 0 Å². The van der Waals surface area contributed by atoms with Crippen molar-refractivity contribution in [1.82, 2.24) is 9.78 Å². The second kappa shape index (κ2) is 8.74. The standard InChI is InChI=1S/C29H34N3/c1-19(2)26-17-24(23-14-9-8-10-15-23)18-27(20(3)4)28(26)32-29(31(7)22(6)30-32)25-16-12-11-13-21(25)5/h8-20H,1-7H3/q+1. The van der Waals surface area contributed by atoms with Crippen molar-refractivity contribution < 1.29 is 4.57 Å². The third-order valence-corrected chi connectivity index (χ3v) is 6.37. The minimum atomic E-state index is 0.366. The molecule has 0 saturated heterocycles. The Hall–Kier alpha value is -3.20. The van der Waals surface area contributed by atoms with Crippen LogP contribution in [0.5, 0.6) is 0 Å². The van der Waals surface area contributed by atoms with Crippen molar-refractivity contribution in [2.45, 2.75) is 53.4 Å². The zero-order valence-corrected chi connectivity index (χ0v) is 20.3. The van der Waals surface area contributed by atoms with E-state index in [1.807, 2.05) is 0 Å². The highest BCUT2D eigenvalue weighted by molar-refractivity contribution is 5.71. The van der Waals surface area contributed by atoms with Crippen molar-refractivity contribution in [1.29, 1.82) is 0 Å². The zero-order valence-electron chi connectivity index (χ0n) is 20.3. The van der Waals surface area contributed by atoms with Crippen LogP contribution >= 0.6 is 0 Å². The average molecular weight is 425 g/mol. The highest BCUT2D eigenvalue weighted by atomic mass is 15.4. The third kappa shape index (κ3) is 3.88. The molecule has 0 unspecified atom stereocenters. The van der Waals surface area contributed by atoms with Crippen LogP contribution in [0, 0.1) is 13.8 Å². The molecule has 164 valence electrons. The largest absolute Gasteiger partial charge is 0.275 e. The van der Waals surface area contributed by atoms with E-state index in [0.29, 0.717) is 11.8 Å². The summed E-state index contributed by atoms with van der Waals surface area (Å²) >= 11 is 0. The van der Waals surface area contributed by atoms with E-state index in [1.165, 1.54) is 39.1 Å². The van der Waals surface area contributed by atoms with Gasteiger partial charge in [0.2, 0.25) is 0 Å². The fourth-order valence-corrected chi connectivity index (χ4v) is 4.43. The van der Waals surface area contributed by atoms with Gasteiger partial charge in [-0.3, -0.25) is 0 Å². The Morgan fingerprint density at radius 3 is 1.88 bits per heavy atom. The quantitative estimate of drug-likeness (QED) is 0.320. The number of hydrogen-bond donors (Lipinski definition) is 0. The highest BCUT2D eigenvalue weighted by Gasteiger charge is 2.30. The van der Waals surface area contributed by atoms with Gasteiger partial charge in [0.15, 0.2) is 0 Å². The Bertz CT molecular complexity index is 1220. The van der Waals surface area contributed by atoms with Crippen molar-refractivity contribution in [2.24, 2.45) is 7.05 Å². The van der Waals surface area contributed by atoms with Crippen LogP contribution in [0.1, 0.15) is 62.0 Å². The van der Waals surface area contributed by atoms with Crippen LogP contribution in [0.3, 0.4) is 0 Å². The minimum absolute atomic E-state index is 0.366. The minimum Gasteiger partial charge on any atom is -0.230 e. The number of nitrogens with zero attached hydrogens (tertiary/aromatic N) is 3. The lowest BCUT2D eigenvalue weighted by atomic mass is 9.88. The zero-order chi connectivity index (χ0) is 23.0. The van der Waals surface area contributed by atoms with Crippen molar-refractivity contribution in [2.75, 3.05) is 0 Å². The lowest BCUT2D eigenvalue weighted by molar-refractivity contribution is -0.667. The summed E-state index contributed by atoms with van der Waals surface area (Å²) in [4.78, 5) is 0. The van der Waals surface area contributed by atoms with Gasteiger partial charge in [0.1, 0.15) is 5.69 Å². The summed E-state index contributed by atoms with van der Waals surface area (Å²) in [6, 6.07) is 24.0. The molecule has 0 radical (unpaired) electrons. The predicted molar refractivity (Wildman–Crippen MR) is 133 cm³/mol. The Labute approximate surface area is 192 Å². The van der Waals surface area contributed by atoms with Crippen LogP contribution in [-0.2, 0) is 7.05 Å². The van der Waals surface area contributed by atoms with Gasteiger partial charge in [-0.25, -0.2) is 4.57 Å². The van der Waals surface area contributed by atoms with Gasteiger partial charge in [0.05, 0.1) is 12.6 Å². The smallest absolute Gasteiger partial charge is 0.230 e. The Morgan fingerprint density at radius 2 is 1.31 bits per heavy atom. The molecule has 3 aromatic carbocycles. The number of aryl methyl sites for hydroxylation is 2. The molecule has 0 atom stereocenters. The fraction of sp³-hybridized carbons (Fsp3) is 0.310. The topological polar surface area (TPSA) is 21.7 Å². The molecule has 32 heavy (non-hydrogen) atoms. The van der Waals surface area contributed by atoms with E-state index in [1.54, 1.807) is 0 Å². The Balaban J connectivity index is 2.07. The second-order valence-corrected chi connectivity index (χ2v) is 9.34. The Kier molecular flexibility index (Phi) is 6.01. The van der Waals surface area contributed by atoms with Crippen LogP contribution in [0.25, 0.3) is 28.2 Å². The third-order valence-electron chi connectivity index (χ3n) is 6.37. The van der Waals surface area contributed by atoms with E-state index in [2.05, 4.69) is 125 Å². The highest BCUT2D eigenvalue weighted by Crippen LogP contribution is 2.37. The first-order chi connectivity index (χ1) is 15.3. The summed E-state index contributed by atoms with van der Waals surface area (Å²) in [7, 11) is 2.11. The van der Waals surface area contributed by atoms with Crippen molar-refractivity contribution >= 4 is 0 Å². The number of hydrogen-bond acceptors (Lipinski definition) is 1. The summed E-state index contributed by atoms with van der Waals surface area (Å²) < 4.78 is 4.40. The van der Waals surface area contributed by atoms with Gasteiger partial charge in [-0.2, -0.15) is 0 Å². The summed E-state index contributed by atoms with van der Waals surface area (Å²) in [6.07, 6.45) is 0. The normalized spacial score (nSPS) is 11.5. The van der Waals surface area contributed by atoms with Gasteiger partial charge in [0.25, 0.3) is 11.6 Å². The summed E-state index contributed by atoms with van der Waals surface area (Å²) in [5, 5.41) is 5.07. The van der Waals surface area contributed by atoms with E-state index >= 15 is 0 Å². The van der Waals surface area contributed by atoms with Gasteiger partial charge < -0.3 is 0 Å². The first kappa shape index (κ1) is 22.0. The molecule has 0 aliphatic heterocycles. The van der Waals surface area contributed by atoms with Gasteiger partial charge in [-0.15, -0.1) is 0 Å². The molecule has 0 saturated carbocycles. The molecule has 0 aliphatic carbocycles. The fourth-order valence-electron chi connectivity index (χ4n) is 4.43. The molecule has 0 aliphatic rings. The molecular formula is C29H34N3+. The van der Waals surface area contributed by atoms with E-state index in [-0.39, 0.29) is 0 Å². The van der Waals surface area contributed by atoms with Crippen LogP contribution in [0.4, 0.5) is 0 Å². The number of benzene rings is 3. The predicted octanol–water partition coefficient (Wildman–Crippen LogP) is 6.89. The van der Waals surface area contributed by atoms with E-state index < -0.39 is 0 Å². The average Bonchev–Trinajstić information content (AvgIpc) is 3.07. The summed E-state index contributed by atoms with van der Waals surface area (Å²) in [5.41, 5.74) is 8.86. The number of rotatable bonds is 5. The van der Waals surface area contributed by atoms with Gasteiger partial charge in [0, 0.05) is 12.0 Å². The first-order valence-corrected chi connectivity index (χ1v) is 11.5. The first-order valence-electron chi connectivity index (χ1n) is 11.5. The van der Waals surface area contributed by atoms with E-state index in [0.717, 1.165) is 11.6 Å². The maximum absolute atomic E-state index is 5.07. The Morgan fingerprint density at radius 1 is 0.750 bits per heavy atom. The molecule has 0 spiro atoms. The van der Waals surface area contributed by atoms with Crippen LogP contribution in [0.15, 0.2) is 66.7 Å². The molecule has 4 aromatic rings. The summed E-state index contributed by atoms with van der Waals surface area (Å²) in [5.74, 6) is 2.85. The molecule has 1 aromatic heterocycles. The van der Waals surface area contributed by atoms with Crippen LogP contribution in [-0.4, -0.2) is 9.78 Å². The molecule has 0 bridgehead atoms. The maximum Gasteiger partial charge on any atom is 0.275 e. The van der Waals surface area contributed by atoms with Gasteiger partial charge >= 0.3 is 0 Å². The summed E-state index contributed by atoms with van der Waals surface area (Å²) in [6.45, 7) is 13.4. The van der Waals surface area contributed by atoms with Crippen molar-refractivity contribution in [3.8, 4) is 28.2 Å². The SMILES string of the molecule is Cc1ccccc1-c1n(-c2c(C(C)C)cc(-c3ccccc3)cc2C(C)C)nc(C)[n+]1C.